The van der Waals surface area contributed by atoms with Gasteiger partial charge in [-0.1, -0.05) is 6.92 Å². The molecule has 0 unspecified atom stereocenters. The first-order valence-electron chi connectivity index (χ1n) is 7.65. The minimum absolute atomic E-state index is 0.349. The Morgan fingerprint density at radius 3 is 2.55 bits per heavy atom. The average Bonchev–Trinajstić information content (AvgIpc) is 2.40. The summed E-state index contributed by atoms with van der Waals surface area (Å²) < 4.78 is 0. The molecule has 1 heterocycles. The van der Waals surface area contributed by atoms with E-state index in [0.717, 1.165) is 25.2 Å². The minimum atomic E-state index is 0.349. The number of hydrogen-bond acceptors (Lipinski definition) is 4. The number of rotatable bonds is 7. The minimum Gasteiger partial charge on any atom is -0.384 e. The van der Waals surface area contributed by atoms with Crippen LogP contribution >= 0.6 is 0 Å². The maximum absolute atomic E-state index is 4.36. The van der Waals surface area contributed by atoms with Gasteiger partial charge < -0.3 is 15.1 Å². The summed E-state index contributed by atoms with van der Waals surface area (Å²) in [5.74, 6) is 0. The van der Waals surface area contributed by atoms with Crippen LogP contribution in [0, 0.1) is 0 Å². The second-order valence-electron chi connectivity index (χ2n) is 6.19. The van der Waals surface area contributed by atoms with E-state index in [1.165, 1.54) is 24.9 Å². The summed E-state index contributed by atoms with van der Waals surface area (Å²) in [4.78, 5) is 9.08. The van der Waals surface area contributed by atoms with Gasteiger partial charge in [0.2, 0.25) is 0 Å². The molecule has 20 heavy (non-hydrogen) atoms. The van der Waals surface area contributed by atoms with Crippen molar-refractivity contribution in [3.05, 3.63) is 18.5 Å². The molecule has 112 valence electrons. The van der Waals surface area contributed by atoms with Gasteiger partial charge in [0.25, 0.3) is 0 Å². The fourth-order valence-corrected chi connectivity index (χ4v) is 2.87. The van der Waals surface area contributed by atoms with Crippen molar-refractivity contribution < 1.29 is 0 Å². The number of likely N-dealkylation sites (N-methyl/N-ethyl adjacent to an activating group) is 2. The van der Waals surface area contributed by atoms with Crippen molar-refractivity contribution in [3.8, 4) is 0 Å². The summed E-state index contributed by atoms with van der Waals surface area (Å²) in [6, 6.07) is 2.20. The highest BCUT2D eigenvalue weighted by molar-refractivity contribution is 5.55. The second kappa shape index (κ2) is 6.44. The van der Waals surface area contributed by atoms with Gasteiger partial charge in [-0.15, -0.1) is 0 Å². The summed E-state index contributed by atoms with van der Waals surface area (Å²) >= 11 is 0. The first-order chi connectivity index (χ1) is 9.57. The summed E-state index contributed by atoms with van der Waals surface area (Å²) in [6.07, 6.45) is 8.93. The van der Waals surface area contributed by atoms with E-state index in [-0.39, 0.29) is 0 Å². The van der Waals surface area contributed by atoms with Gasteiger partial charge in [-0.05, 0) is 45.8 Å². The van der Waals surface area contributed by atoms with Crippen LogP contribution in [-0.2, 0) is 0 Å². The third kappa shape index (κ3) is 3.23. The van der Waals surface area contributed by atoms with Crippen LogP contribution in [0.4, 0.5) is 11.4 Å². The maximum atomic E-state index is 4.36. The van der Waals surface area contributed by atoms with Crippen molar-refractivity contribution >= 4 is 11.4 Å². The molecule has 1 N–H and O–H groups in total. The van der Waals surface area contributed by atoms with Gasteiger partial charge >= 0.3 is 0 Å². The molecule has 0 aliphatic heterocycles. The van der Waals surface area contributed by atoms with Gasteiger partial charge in [0.15, 0.2) is 0 Å². The van der Waals surface area contributed by atoms with E-state index < -0.39 is 0 Å². The molecule has 1 aromatic rings. The van der Waals surface area contributed by atoms with Crippen LogP contribution in [0.5, 0.6) is 0 Å². The Kier molecular flexibility index (Phi) is 4.86. The van der Waals surface area contributed by atoms with Crippen molar-refractivity contribution in [1.29, 1.82) is 0 Å². The molecule has 0 spiro atoms. The Morgan fingerprint density at radius 1 is 1.25 bits per heavy atom. The van der Waals surface area contributed by atoms with Crippen molar-refractivity contribution in [2.45, 2.75) is 38.1 Å². The lowest BCUT2D eigenvalue weighted by Crippen LogP contribution is -2.56. The molecule has 2 rings (SSSR count). The molecule has 0 bridgehead atoms. The van der Waals surface area contributed by atoms with Crippen molar-refractivity contribution in [1.82, 2.24) is 9.88 Å². The van der Waals surface area contributed by atoms with E-state index >= 15 is 0 Å². The van der Waals surface area contributed by atoms with E-state index in [4.69, 9.17) is 0 Å². The molecule has 1 fully saturated rings. The van der Waals surface area contributed by atoms with Crippen molar-refractivity contribution in [2.75, 3.05) is 44.4 Å². The monoisotopic (exact) mass is 276 g/mol. The standard InChI is InChI=1S/C16H28N4/c1-5-9-18-14-10-15(12-17-11-14)20(4)13-16(19(2)3)7-6-8-16/h10-12,18H,5-9,13H2,1-4H3. The lowest BCUT2D eigenvalue weighted by Gasteiger charge is -2.49. The third-order valence-corrected chi connectivity index (χ3v) is 4.51. The zero-order valence-corrected chi connectivity index (χ0v) is 13.3. The molecule has 1 saturated carbocycles. The fraction of sp³-hybridized carbons (Fsp3) is 0.688. The average molecular weight is 276 g/mol. The molecule has 0 saturated heterocycles. The van der Waals surface area contributed by atoms with Gasteiger partial charge in [0.1, 0.15) is 0 Å². The lowest BCUT2D eigenvalue weighted by atomic mass is 9.75. The zero-order chi connectivity index (χ0) is 14.6. The predicted molar refractivity (Wildman–Crippen MR) is 86.6 cm³/mol. The van der Waals surface area contributed by atoms with Gasteiger partial charge in [0.05, 0.1) is 23.8 Å². The van der Waals surface area contributed by atoms with E-state index in [1.807, 2.05) is 12.4 Å². The van der Waals surface area contributed by atoms with Crippen LogP contribution in [0.25, 0.3) is 0 Å². The molecule has 1 aromatic heterocycles. The van der Waals surface area contributed by atoms with E-state index in [9.17, 15) is 0 Å². The Morgan fingerprint density at radius 2 is 2.00 bits per heavy atom. The zero-order valence-electron chi connectivity index (χ0n) is 13.3. The molecular formula is C16H28N4. The molecule has 0 aromatic carbocycles. The topological polar surface area (TPSA) is 31.4 Å². The maximum Gasteiger partial charge on any atom is 0.0571 e. The quantitative estimate of drug-likeness (QED) is 0.830. The predicted octanol–water partition coefficient (Wildman–Crippen LogP) is 2.82. The molecule has 0 radical (unpaired) electrons. The summed E-state index contributed by atoms with van der Waals surface area (Å²) in [5.41, 5.74) is 2.66. The molecule has 1 aliphatic rings. The van der Waals surface area contributed by atoms with Gasteiger partial charge in [-0.25, -0.2) is 0 Å². The third-order valence-electron chi connectivity index (χ3n) is 4.51. The van der Waals surface area contributed by atoms with Crippen LogP contribution < -0.4 is 10.2 Å². The first-order valence-corrected chi connectivity index (χ1v) is 7.65. The fourth-order valence-electron chi connectivity index (χ4n) is 2.87. The highest BCUT2D eigenvalue weighted by Crippen LogP contribution is 2.37. The smallest absolute Gasteiger partial charge is 0.0571 e. The van der Waals surface area contributed by atoms with Crippen LogP contribution in [0.15, 0.2) is 18.5 Å². The lowest BCUT2D eigenvalue weighted by molar-refractivity contribution is 0.0683. The van der Waals surface area contributed by atoms with Crippen LogP contribution in [0.3, 0.4) is 0 Å². The number of aromatic nitrogens is 1. The molecular weight excluding hydrogens is 248 g/mol. The van der Waals surface area contributed by atoms with E-state index in [2.05, 4.69) is 54.2 Å². The van der Waals surface area contributed by atoms with Crippen molar-refractivity contribution in [2.24, 2.45) is 0 Å². The molecule has 1 aliphatic carbocycles. The summed E-state index contributed by atoms with van der Waals surface area (Å²) in [7, 11) is 6.57. The number of hydrogen-bond donors (Lipinski definition) is 1. The SMILES string of the molecule is CCCNc1cncc(N(C)CC2(N(C)C)CCC2)c1. The van der Waals surface area contributed by atoms with Crippen LogP contribution in [0.2, 0.25) is 0 Å². The van der Waals surface area contributed by atoms with Gasteiger partial charge in [-0.2, -0.15) is 0 Å². The largest absolute Gasteiger partial charge is 0.384 e. The Balaban J connectivity index is 2.03. The van der Waals surface area contributed by atoms with Gasteiger partial charge in [0, 0.05) is 25.7 Å². The first kappa shape index (κ1) is 15.1. The Hall–Kier alpha value is -1.29. The van der Waals surface area contributed by atoms with Gasteiger partial charge in [-0.3, -0.25) is 4.98 Å². The number of nitrogens with zero attached hydrogens (tertiary/aromatic N) is 3. The molecule has 0 amide bonds. The number of pyridine rings is 1. The normalized spacial score (nSPS) is 16.9. The van der Waals surface area contributed by atoms with Crippen LogP contribution in [-0.4, -0.2) is 49.7 Å². The van der Waals surface area contributed by atoms with E-state index in [1.54, 1.807) is 0 Å². The van der Waals surface area contributed by atoms with Crippen LogP contribution in [0.1, 0.15) is 32.6 Å². The highest BCUT2D eigenvalue weighted by atomic mass is 15.2. The number of nitrogens with one attached hydrogen (secondary N) is 1. The Bertz CT molecular complexity index is 426. The molecule has 4 nitrogen and oxygen atoms in total. The summed E-state index contributed by atoms with van der Waals surface area (Å²) in [6.45, 7) is 4.24. The Labute approximate surface area is 123 Å². The summed E-state index contributed by atoms with van der Waals surface area (Å²) in [5, 5.41) is 3.40. The molecule has 4 heteroatoms. The van der Waals surface area contributed by atoms with Crippen molar-refractivity contribution in [3.63, 3.8) is 0 Å². The van der Waals surface area contributed by atoms with E-state index in [0.29, 0.717) is 5.54 Å². The second-order valence-corrected chi connectivity index (χ2v) is 6.19. The highest BCUT2D eigenvalue weighted by Gasteiger charge is 2.39. The molecule has 0 atom stereocenters. The number of anilines is 2.